The number of nitrogens with one attached hydrogen (secondary N) is 1. The Labute approximate surface area is 170 Å². The Balaban J connectivity index is 1.64. The molecule has 2 aromatic carbocycles. The largest absolute Gasteiger partial charge is 0.508 e. The number of aryl methyl sites for hydroxylation is 1. The van der Waals surface area contributed by atoms with Gasteiger partial charge in [-0.25, -0.2) is 0 Å². The number of aromatic hydroxyl groups is 1. The van der Waals surface area contributed by atoms with Crippen LogP contribution in [0, 0.1) is 0 Å². The molecule has 148 valence electrons. The zero-order chi connectivity index (χ0) is 20.1. The highest BCUT2D eigenvalue weighted by molar-refractivity contribution is 7.99. The van der Waals surface area contributed by atoms with E-state index in [2.05, 4.69) is 17.4 Å². The van der Waals surface area contributed by atoms with Crippen LogP contribution in [0.5, 0.6) is 5.75 Å². The maximum absolute atomic E-state index is 12.9. The molecule has 1 heterocycles. The molecule has 3 rings (SSSR count). The average molecular weight is 399 g/mol. The third-order valence-corrected chi connectivity index (χ3v) is 6.27. The van der Waals surface area contributed by atoms with Crippen molar-refractivity contribution in [3.05, 3.63) is 65.7 Å². The number of rotatable bonds is 6. The Hall–Kier alpha value is -2.47. The predicted octanol–water partition coefficient (Wildman–Crippen LogP) is 3.49. The summed E-state index contributed by atoms with van der Waals surface area (Å²) in [5.74, 6) is 0.343. The number of phenols is 1. The van der Waals surface area contributed by atoms with Crippen LogP contribution in [0.1, 0.15) is 36.8 Å². The second kappa shape index (κ2) is 9.15. The third-order valence-electron chi connectivity index (χ3n) is 4.97. The number of benzene rings is 2. The van der Waals surface area contributed by atoms with Crippen LogP contribution in [0.4, 0.5) is 0 Å². The molecule has 3 unspecified atom stereocenters. The van der Waals surface area contributed by atoms with Gasteiger partial charge < -0.3 is 15.3 Å². The zero-order valence-electron chi connectivity index (χ0n) is 16.2. The van der Waals surface area contributed by atoms with Crippen molar-refractivity contribution >= 4 is 23.6 Å². The second-order valence-corrected chi connectivity index (χ2v) is 8.23. The summed E-state index contributed by atoms with van der Waals surface area (Å²) in [5.41, 5.74) is 1.90. The van der Waals surface area contributed by atoms with Gasteiger partial charge >= 0.3 is 0 Å². The minimum absolute atomic E-state index is 0.00990. The summed E-state index contributed by atoms with van der Waals surface area (Å²) in [7, 11) is 0. The Morgan fingerprint density at radius 1 is 1.18 bits per heavy atom. The summed E-state index contributed by atoms with van der Waals surface area (Å²) >= 11 is 1.50. The molecule has 28 heavy (non-hydrogen) atoms. The molecule has 0 radical (unpaired) electrons. The number of carbonyl (C=O) groups is 2. The van der Waals surface area contributed by atoms with E-state index < -0.39 is 6.04 Å². The number of amides is 2. The molecule has 2 aromatic rings. The van der Waals surface area contributed by atoms with Gasteiger partial charge in [-0.2, -0.15) is 0 Å². The van der Waals surface area contributed by atoms with E-state index in [0.717, 1.165) is 12.8 Å². The Morgan fingerprint density at radius 2 is 1.86 bits per heavy atom. The van der Waals surface area contributed by atoms with E-state index in [1.54, 1.807) is 23.1 Å². The lowest BCUT2D eigenvalue weighted by molar-refractivity contribution is -0.138. The van der Waals surface area contributed by atoms with Gasteiger partial charge in [0.15, 0.2) is 0 Å². The molecule has 6 heteroatoms. The van der Waals surface area contributed by atoms with Crippen LogP contribution in [-0.2, 0) is 16.0 Å². The van der Waals surface area contributed by atoms with Crippen LogP contribution >= 0.6 is 11.8 Å². The minimum Gasteiger partial charge on any atom is -0.508 e. The summed E-state index contributed by atoms with van der Waals surface area (Å²) in [5, 5.41) is 12.9. The number of hydrogen-bond acceptors (Lipinski definition) is 4. The van der Waals surface area contributed by atoms with E-state index in [0.29, 0.717) is 11.3 Å². The van der Waals surface area contributed by atoms with Crippen LogP contribution in [0.3, 0.4) is 0 Å². The average Bonchev–Trinajstić information content (AvgIpc) is 3.13. The number of thioether (sulfide) groups is 1. The van der Waals surface area contributed by atoms with E-state index in [1.807, 2.05) is 31.2 Å². The molecule has 0 aliphatic carbocycles. The summed E-state index contributed by atoms with van der Waals surface area (Å²) in [6, 6.07) is 16.6. The van der Waals surface area contributed by atoms with Gasteiger partial charge in [-0.15, -0.1) is 11.8 Å². The fraction of sp³-hybridized carbons (Fsp3) is 0.364. The van der Waals surface area contributed by atoms with Crippen molar-refractivity contribution < 1.29 is 14.7 Å². The first-order valence-corrected chi connectivity index (χ1v) is 10.5. The fourth-order valence-corrected chi connectivity index (χ4v) is 4.98. The number of nitrogens with zero attached hydrogens (tertiary/aromatic N) is 1. The summed E-state index contributed by atoms with van der Waals surface area (Å²) < 4.78 is 0. The van der Waals surface area contributed by atoms with Crippen molar-refractivity contribution in [3.8, 4) is 5.75 Å². The van der Waals surface area contributed by atoms with E-state index in [1.165, 1.54) is 24.2 Å². The number of phenolic OH excluding ortho intramolecular Hbond substituents is 1. The van der Waals surface area contributed by atoms with Gasteiger partial charge in [0.05, 0.1) is 0 Å². The normalized spacial score (nSPS) is 20.0. The van der Waals surface area contributed by atoms with Gasteiger partial charge in [0.2, 0.25) is 11.8 Å². The smallest absolute Gasteiger partial charge is 0.243 e. The van der Waals surface area contributed by atoms with Crippen LogP contribution in [0.15, 0.2) is 54.6 Å². The monoisotopic (exact) mass is 398 g/mol. The molecule has 5 nitrogen and oxygen atoms in total. The molecule has 0 bridgehead atoms. The highest BCUT2D eigenvalue weighted by atomic mass is 32.2. The predicted molar refractivity (Wildman–Crippen MR) is 112 cm³/mol. The Morgan fingerprint density at radius 3 is 2.54 bits per heavy atom. The van der Waals surface area contributed by atoms with Crippen LogP contribution < -0.4 is 5.32 Å². The van der Waals surface area contributed by atoms with Gasteiger partial charge in [0, 0.05) is 24.3 Å². The molecule has 0 saturated carbocycles. The van der Waals surface area contributed by atoms with Crippen LogP contribution in [-0.4, -0.2) is 39.7 Å². The van der Waals surface area contributed by atoms with E-state index in [9.17, 15) is 14.7 Å². The topological polar surface area (TPSA) is 69.6 Å². The molecular formula is C22H26N2O3S. The molecule has 1 fully saturated rings. The quantitative estimate of drug-likeness (QED) is 0.781. The van der Waals surface area contributed by atoms with E-state index >= 15 is 0 Å². The molecular weight excluding hydrogens is 372 g/mol. The molecule has 2 N–H and O–H groups in total. The molecule has 0 aromatic heterocycles. The van der Waals surface area contributed by atoms with Crippen molar-refractivity contribution in [1.82, 2.24) is 10.2 Å². The first-order valence-electron chi connectivity index (χ1n) is 9.50. The number of para-hydroxylation sites is 1. The van der Waals surface area contributed by atoms with Crippen molar-refractivity contribution in [3.63, 3.8) is 0 Å². The van der Waals surface area contributed by atoms with Crippen molar-refractivity contribution in [2.75, 3.05) is 5.75 Å². The summed E-state index contributed by atoms with van der Waals surface area (Å²) in [6.07, 6.45) is 1.72. The van der Waals surface area contributed by atoms with Gasteiger partial charge in [0.25, 0.3) is 0 Å². The maximum Gasteiger partial charge on any atom is 0.243 e. The molecule has 2 amide bonds. The third kappa shape index (κ3) is 4.68. The standard InChI is InChI=1S/C22H26N2O3S/c1-15(12-13-17-8-4-3-5-9-17)23-21(27)19-14-28-22(24(19)16(2)25)18-10-6-7-11-20(18)26/h3-11,15,19,22,26H,12-14H2,1-2H3,(H,23,27). The van der Waals surface area contributed by atoms with Gasteiger partial charge in [-0.05, 0) is 31.4 Å². The van der Waals surface area contributed by atoms with Gasteiger partial charge in [-0.3, -0.25) is 9.59 Å². The zero-order valence-corrected chi connectivity index (χ0v) is 17.0. The number of hydrogen-bond donors (Lipinski definition) is 2. The second-order valence-electron chi connectivity index (χ2n) is 7.12. The van der Waals surface area contributed by atoms with Gasteiger partial charge in [0.1, 0.15) is 17.2 Å². The molecule has 1 aliphatic rings. The lowest BCUT2D eigenvalue weighted by Crippen LogP contribution is -2.49. The maximum atomic E-state index is 12.9. The first-order chi connectivity index (χ1) is 13.5. The molecule has 1 saturated heterocycles. The van der Waals surface area contributed by atoms with Crippen LogP contribution in [0.2, 0.25) is 0 Å². The minimum atomic E-state index is -0.536. The summed E-state index contributed by atoms with van der Waals surface area (Å²) in [4.78, 5) is 26.7. The summed E-state index contributed by atoms with van der Waals surface area (Å²) in [6.45, 7) is 3.46. The van der Waals surface area contributed by atoms with Crippen LogP contribution in [0.25, 0.3) is 0 Å². The molecule has 0 spiro atoms. The molecule has 1 aliphatic heterocycles. The Bertz CT molecular complexity index is 828. The van der Waals surface area contributed by atoms with E-state index in [-0.39, 0.29) is 29.0 Å². The number of carbonyl (C=O) groups excluding carboxylic acids is 2. The van der Waals surface area contributed by atoms with Crippen molar-refractivity contribution in [2.24, 2.45) is 0 Å². The molecule has 3 atom stereocenters. The Kier molecular flexibility index (Phi) is 6.62. The first kappa shape index (κ1) is 20.3. The van der Waals surface area contributed by atoms with Crippen molar-refractivity contribution in [2.45, 2.75) is 44.1 Å². The van der Waals surface area contributed by atoms with Crippen molar-refractivity contribution in [1.29, 1.82) is 0 Å². The fourth-order valence-electron chi connectivity index (χ4n) is 3.47. The highest BCUT2D eigenvalue weighted by Gasteiger charge is 2.41. The SMILES string of the molecule is CC(=O)N1C(C(=O)NC(C)CCc2ccccc2)CSC1c1ccccc1O. The van der Waals surface area contributed by atoms with Gasteiger partial charge in [-0.1, -0.05) is 48.5 Å². The lowest BCUT2D eigenvalue weighted by atomic mass is 10.1. The van der Waals surface area contributed by atoms with E-state index in [4.69, 9.17) is 0 Å². The highest BCUT2D eigenvalue weighted by Crippen LogP contribution is 2.44. The lowest BCUT2D eigenvalue weighted by Gasteiger charge is -2.29.